The second-order valence-electron chi connectivity index (χ2n) is 4.87. The number of nitrogens with one attached hydrogen (secondary N) is 1. The van der Waals surface area contributed by atoms with Gasteiger partial charge in [0.2, 0.25) is 5.91 Å². The highest BCUT2D eigenvalue weighted by molar-refractivity contribution is 5.76. The van der Waals surface area contributed by atoms with Gasteiger partial charge in [0.1, 0.15) is 0 Å². The maximum atomic E-state index is 13.4. The summed E-state index contributed by atoms with van der Waals surface area (Å²) in [5, 5.41) is 6.56. The molecule has 7 heteroatoms. The van der Waals surface area contributed by atoms with Crippen LogP contribution in [0.4, 0.5) is 8.78 Å². The number of aryl methyl sites for hydroxylation is 1. The Kier molecular flexibility index (Phi) is 4.14. The number of nitrogens with two attached hydrogens (primary N) is 1. The lowest BCUT2D eigenvalue weighted by atomic mass is 10.1. The highest BCUT2D eigenvalue weighted by Crippen LogP contribution is 2.27. The highest BCUT2D eigenvalue weighted by Gasteiger charge is 2.39. The fourth-order valence-corrected chi connectivity index (χ4v) is 2.16. The second-order valence-corrected chi connectivity index (χ2v) is 4.87. The van der Waals surface area contributed by atoms with Crippen LogP contribution in [-0.2, 0) is 11.2 Å². The van der Waals surface area contributed by atoms with Crippen LogP contribution in [0.5, 0.6) is 0 Å². The van der Waals surface area contributed by atoms with Gasteiger partial charge in [0, 0.05) is 37.8 Å². The van der Waals surface area contributed by atoms with Crippen molar-refractivity contribution in [2.45, 2.75) is 37.6 Å². The number of hydrogen-bond acceptors (Lipinski definition) is 3. The first-order valence-corrected chi connectivity index (χ1v) is 6.38. The van der Waals surface area contributed by atoms with Crippen molar-refractivity contribution in [3.05, 3.63) is 18.0 Å². The smallest absolute Gasteiger partial charge is 0.264 e. The van der Waals surface area contributed by atoms with Crippen molar-refractivity contribution in [2.75, 3.05) is 13.1 Å². The van der Waals surface area contributed by atoms with Crippen LogP contribution in [0, 0.1) is 0 Å². The number of aromatic amines is 1. The molecule has 0 aromatic carbocycles. The Morgan fingerprint density at radius 1 is 1.58 bits per heavy atom. The Morgan fingerprint density at radius 2 is 2.37 bits per heavy atom. The summed E-state index contributed by atoms with van der Waals surface area (Å²) < 4.78 is 26.9. The molecule has 0 saturated carbocycles. The maximum absolute atomic E-state index is 13.4. The first-order valence-electron chi connectivity index (χ1n) is 6.38. The molecule has 0 aliphatic carbocycles. The summed E-state index contributed by atoms with van der Waals surface area (Å²) >= 11 is 0. The Bertz CT molecular complexity index is 421. The molecular formula is C12H18F2N4O. The lowest BCUT2D eigenvalue weighted by Crippen LogP contribution is -2.40. The highest BCUT2D eigenvalue weighted by atomic mass is 19.3. The molecule has 0 radical (unpaired) electrons. The number of aromatic nitrogens is 2. The van der Waals surface area contributed by atoms with Gasteiger partial charge in [-0.3, -0.25) is 9.89 Å². The third-order valence-corrected chi connectivity index (χ3v) is 3.49. The minimum absolute atomic E-state index is 0.0719. The number of amides is 1. The standard InChI is InChI=1S/C12H18F2N4O/c13-12(14)5-8-18(7-4-10(12)15)11(19)2-1-9-3-6-16-17-9/h3,6,10H,1-2,4-5,7-8,15H2,(H,16,17). The summed E-state index contributed by atoms with van der Waals surface area (Å²) in [6, 6.07) is 0.637. The molecular weight excluding hydrogens is 254 g/mol. The normalized spacial score (nSPS) is 23.1. The molecule has 0 bridgehead atoms. The van der Waals surface area contributed by atoms with Gasteiger partial charge in [0.15, 0.2) is 0 Å². The molecule has 1 amide bonds. The molecule has 1 aromatic heterocycles. The van der Waals surface area contributed by atoms with Crippen molar-refractivity contribution in [3.63, 3.8) is 0 Å². The van der Waals surface area contributed by atoms with Crippen LogP contribution in [0.15, 0.2) is 12.3 Å². The van der Waals surface area contributed by atoms with Crippen LogP contribution in [0.25, 0.3) is 0 Å². The topological polar surface area (TPSA) is 75.0 Å². The molecule has 106 valence electrons. The van der Waals surface area contributed by atoms with E-state index < -0.39 is 12.0 Å². The fraction of sp³-hybridized carbons (Fsp3) is 0.667. The quantitative estimate of drug-likeness (QED) is 0.859. The van der Waals surface area contributed by atoms with E-state index in [2.05, 4.69) is 10.2 Å². The predicted octanol–water partition coefficient (Wildman–Crippen LogP) is 0.927. The number of rotatable bonds is 3. The Morgan fingerprint density at radius 3 is 3.05 bits per heavy atom. The van der Waals surface area contributed by atoms with Gasteiger partial charge in [-0.2, -0.15) is 5.10 Å². The molecule has 0 spiro atoms. The fourth-order valence-electron chi connectivity index (χ4n) is 2.16. The Balaban J connectivity index is 1.86. The van der Waals surface area contributed by atoms with E-state index in [1.54, 1.807) is 12.3 Å². The second kappa shape index (κ2) is 5.64. The van der Waals surface area contributed by atoms with Gasteiger partial charge in [-0.05, 0) is 18.9 Å². The van der Waals surface area contributed by atoms with Gasteiger partial charge in [0.05, 0.1) is 6.04 Å². The molecule has 1 unspecified atom stereocenters. The first-order chi connectivity index (χ1) is 8.99. The number of carbonyl (C=O) groups excluding carboxylic acids is 1. The van der Waals surface area contributed by atoms with Gasteiger partial charge in [-0.1, -0.05) is 0 Å². The number of alkyl halides is 2. The molecule has 1 fully saturated rings. The lowest BCUT2D eigenvalue weighted by molar-refractivity contribution is -0.131. The monoisotopic (exact) mass is 272 g/mol. The third kappa shape index (κ3) is 3.50. The summed E-state index contributed by atoms with van der Waals surface area (Å²) in [4.78, 5) is 13.5. The van der Waals surface area contributed by atoms with Crippen molar-refractivity contribution >= 4 is 5.91 Å². The number of carbonyl (C=O) groups is 1. The molecule has 3 N–H and O–H groups in total. The maximum Gasteiger partial charge on any atom is 0.264 e. The van der Waals surface area contributed by atoms with E-state index in [1.165, 1.54) is 4.90 Å². The van der Waals surface area contributed by atoms with E-state index in [1.807, 2.05) is 0 Å². The van der Waals surface area contributed by atoms with Crippen molar-refractivity contribution in [2.24, 2.45) is 5.73 Å². The van der Waals surface area contributed by atoms with Gasteiger partial charge in [0.25, 0.3) is 5.92 Å². The molecule has 1 aliphatic heterocycles. The summed E-state index contributed by atoms with van der Waals surface area (Å²) in [6.07, 6.45) is 2.23. The van der Waals surface area contributed by atoms with Crippen molar-refractivity contribution in [3.8, 4) is 0 Å². The van der Waals surface area contributed by atoms with Crippen LogP contribution < -0.4 is 5.73 Å². The zero-order valence-electron chi connectivity index (χ0n) is 10.6. The molecule has 19 heavy (non-hydrogen) atoms. The van der Waals surface area contributed by atoms with Gasteiger partial charge < -0.3 is 10.6 Å². The van der Waals surface area contributed by atoms with Crippen molar-refractivity contribution in [1.29, 1.82) is 0 Å². The van der Waals surface area contributed by atoms with E-state index in [-0.39, 0.29) is 25.3 Å². The number of hydrogen-bond donors (Lipinski definition) is 2. The third-order valence-electron chi connectivity index (χ3n) is 3.49. The lowest BCUT2D eigenvalue weighted by Gasteiger charge is -2.20. The Hall–Kier alpha value is -1.50. The summed E-state index contributed by atoms with van der Waals surface area (Å²) in [6.45, 7) is 0.376. The van der Waals surface area contributed by atoms with E-state index in [0.717, 1.165) is 5.69 Å². The van der Waals surface area contributed by atoms with E-state index >= 15 is 0 Å². The minimum Gasteiger partial charge on any atom is -0.342 e. The SMILES string of the molecule is NC1CCN(C(=O)CCc2ccn[nH]2)CCC1(F)F. The average molecular weight is 272 g/mol. The first kappa shape index (κ1) is 13.9. The van der Waals surface area contributed by atoms with Crippen molar-refractivity contribution in [1.82, 2.24) is 15.1 Å². The largest absolute Gasteiger partial charge is 0.342 e. The van der Waals surface area contributed by atoms with E-state index in [0.29, 0.717) is 19.4 Å². The molecule has 1 aliphatic rings. The number of halogens is 2. The van der Waals surface area contributed by atoms with Gasteiger partial charge in [-0.15, -0.1) is 0 Å². The molecule has 2 heterocycles. The van der Waals surface area contributed by atoms with Crippen LogP contribution >= 0.6 is 0 Å². The van der Waals surface area contributed by atoms with Gasteiger partial charge in [-0.25, -0.2) is 8.78 Å². The molecule has 5 nitrogen and oxygen atoms in total. The van der Waals surface area contributed by atoms with Crippen LogP contribution in [0.2, 0.25) is 0 Å². The summed E-state index contributed by atoms with van der Waals surface area (Å²) in [5.74, 6) is -2.99. The molecule has 1 saturated heterocycles. The number of H-pyrrole nitrogens is 1. The van der Waals surface area contributed by atoms with Crippen molar-refractivity contribution < 1.29 is 13.6 Å². The minimum atomic E-state index is -2.88. The van der Waals surface area contributed by atoms with E-state index in [9.17, 15) is 13.6 Å². The number of likely N-dealkylation sites (tertiary alicyclic amines) is 1. The van der Waals surface area contributed by atoms with Crippen LogP contribution in [0.3, 0.4) is 0 Å². The Labute approximate surface area is 110 Å². The zero-order valence-corrected chi connectivity index (χ0v) is 10.6. The molecule has 2 rings (SSSR count). The van der Waals surface area contributed by atoms with Crippen LogP contribution in [0.1, 0.15) is 25.0 Å². The number of nitrogens with zero attached hydrogens (tertiary/aromatic N) is 2. The zero-order chi connectivity index (χ0) is 13.9. The summed E-state index contributed by atoms with van der Waals surface area (Å²) in [7, 11) is 0. The van der Waals surface area contributed by atoms with Gasteiger partial charge >= 0.3 is 0 Å². The average Bonchev–Trinajstić information content (AvgIpc) is 2.84. The molecule has 1 aromatic rings. The molecule has 1 atom stereocenters. The predicted molar refractivity (Wildman–Crippen MR) is 65.6 cm³/mol. The summed E-state index contributed by atoms with van der Waals surface area (Å²) in [5.41, 5.74) is 6.29. The van der Waals surface area contributed by atoms with Crippen LogP contribution in [-0.4, -0.2) is 46.1 Å². The van der Waals surface area contributed by atoms with E-state index in [4.69, 9.17) is 5.73 Å².